The van der Waals surface area contributed by atoms with Gasteiger partial charge in [-0.1, -0.05) is 29.8 Å². The first-order valence-electron chi connectivity index (χ1n) is 4.70. The van der Waals surface area contributed by atoms with E-state index in [2.05, 4.69) is 15.9 Å². The van der Waals surface area contributed by atoms with Crippen molar-refractivity contribution in [3.8, 4) is 0 Å². The molecule has 0 aromatic rings. The van der Waals surface area contributed by atoms with E-state index in [4.69, 9.17) is 5.73 Å². The predicted octanol–water partition coefficient (Wildman–Crippen LogP) is 0.965. The first kappa shape index (κ1) is 11.0. The lowest BCUT2D eigenvalue weighted by molar-refractivity contribution is -0.132. The summed E-state index contributed by atoms with van der Waals surface area (Å²) < 4.78 is 0. The highest BCUT2D eigenvalue weighted by atomic mass is 79.9. The normalized spacial score (nSPS) is 25.3. The van der Waals surface area contributed by atoms with Crippen molar-refractivity contribution >= 4 is 21.8 Å². The van der Waals surface area contributed by atoms with Gasteiger partial charge in [0.1, 0.15) is 0 Å². The average molecular weight is 249 g/mol. The number of halogens is 1. The number of rotatable bonds is 2. The third-order valence-corrected chi connectivity index (χ3v) is 3.19. The van der Waals surface area contributed by atoms with Gasteiger partial charge in [0.15, 0.2) is 0 Å². The number of amides is 1. The number of alkyl halides is 1. The smallest absolute Gasteiger partial charge is 0.239 e. The zero-order valence-corrected chi connectivity index (χ0v) is 9.75. The molecule has 76 valence electrons. The Kier molecular flexibility index (Phi) is 3.74. The number of hydrogen-bond donors (Lipinski definition) is 1. The number of nitrogens with two attached hydrogens (primary N) is 1. The SMILES string of the molecule is CC(C)[C@H](N)C(=O)N1CC[C@H](Br)C1. The molecule has 2 N–H and O–H groups in total. The summed E-state index contributed by atoms with van der Waals surface area (Å²) in [5.74, 6) is 0.318. The molecule has 0 aliphatic carbocycles. The van der Waals surface area contributed by atoms with Crippen molar-refractivity contribution in [2.45, 2.75) is 31.1 Å². The molecule has 1 aliphatic heterocycles. The maximum absolute atomic E-state index is 11.7. The van der Waals surface area contributed by atoms with Crippen molar-refractivity contribution in [3.05, 3.63) is 0 Å². The highest BCUT2D eigenvalue weighted by Gasteiger charge is 2.28. The van der Waals surface area contributed by atoms with Crippen LogP contribution in [0.15, 0.2) is 0 Å². The van der Waals surface area contributed by atoms with E-state index in [1.807, 2.05) is 18.7 Å². The molecular formula is C9H17BrN2O. The maximum Gasteiger partial charge on any atom is 0.239 e. The van der Waals surface area contributed by atoms with Crippen LogP contribution in [0.2, 0.25) is 0 Å². The summed E-state index contributed by atoms with van der Waals surface area (Å²) in [7, 11) is 0. The van der Waals surface area contributed by atoms with Gasteiger partial charge in [-0.05, 0) is 12.3 Å². The molecule has 0 bridgehead atoms. The van der Waals surface area contributed by atoms with Gasteiger partial charge in [-0.25, -0.2) is 0 Å². The fourth-order valence-corrected chi connectivity index (χ4v) is 1.97. The fraction of sp³-hybridized carbons (Fsp3) is 0.889. The highest BCUT2D eigenvalue weighted by Crippen LogP contribution is 2.18. The lowest BCUT2D eigenvalue weighted by Gasteiger charge is -2.22. The van der Waals surface area contributed by atoms with E-state index in [1.54, 1.807) is 0 Å². The molecule has 1 fully saturated rings. The van der Waals surface area contributed by atoms with Crippen LogP contribution in [0.4, 0.5) is 0 Å². The zero-order valence-electron chi connectivity index (χ0n) is 8.16. The van der Waals surface area contributed by atoms with Crippen molar-refractivity contribution in [1.82, 2.24) is 4.90 Å². The van der Waals surface area contributed by atoms with Gasteiger partial charge in [0.05, 0.1) is 6.04 Å². The van der Waals surface area contributed by atoms with Gasteiger partial charge in [0, 0.05) is 17.9 Å². The van der Waals surface area contributed by atoms with Gasteiger partial charge in [-0.3, -0.25) is 4.79 Å². The number of likely N-dealkylation sites (tertiary alicyclic amines) is 1. The van der Waals surface area contributed by atoms with E-state index >= 15 is 0 Å². The molecule has 3 nitrogen and oxygen atoms in total. The van der Waals surface area contributed by atoms with Crippen LogP contribution in [0.3, 0.4) is 0 Å². The molecule has 1 amide bonds. The van der Waals surface area contributed by atoms with Crippen LogP contribution in [-0.4, -0.2) is 34.8 Å². The van der Waals surface area contributed by atoms with Crippen LogP contribution < -0.4 is 5.73 Å². The Morgan fingerprint density at radius 3 is 2.62 bits per heavy atom. The molecule has 1 rings (SSSR count). The second-order valence-electron chi connectivity index (χ2n) is 3.94. The average Bonchev–Trinajstić information content (AvgIpc) is 2.49. The lowest BCUT2D eigenvalue weighted by Crippen LogP contribution is -2.45. The largest absolute Gasteiger partial charge is 0.340 e. The number of hydrogen-bond acceptors (Lipinski definition) is 2. The van der Waals surface area contributed by atoms with Crippen molar-refractivity contribution in [1.29, 1.82) is 0 Å². The van der Waals surface area contributed by atoms with Crippen LogP contribution >= 0.6 is 15.9 Å². The van der Waals surface area contributed by atoms with E-state index in [0.29, 0.717) is 4.83 Å². The molecule has 4 heteroatoms. The zero-order chi connectivity index (χ0) is 10.0. The summed E-state index contributed by atoms with van der Waals surface area (Å²) in [4.78, 5) is 14.0. The van der Waals surface area contributed by atoms with E-state index in [-0.39, 0.29) is 17.9 Å². The van der Waals surface area contributed by atoms with Gasteiger partial charge < -0.3 is 10.6 Å². The maximum atomic E-state index is 11.7. The summed E-state index contributed by atoms with van der Waals surface area (Å²) in [5, 5.41) is 0. The van der Waals surface area contributed by atoms with Crippen molar-refractivity contribution in [2.24, 2.45) is 11.7 Å². The fourth-order valence-electron chi connectivity index (χ4n) is 1.41. The topological polar surface area (TPSA) is 46.3 Å². The number of nitrogens with zero attached hydrogens (tertiary/aromatic N) is 1. The molecule has 0 saturated carbocycles. The van der Waals surface area contributed by atoms with Crippen molar-refractivity contribution in [3.63, 3.8) is 0 Å². The quantitative estimate of drug-likeness (QED) is 0.741. The molecular weight excluding hydrogens is 232 g/mol. The van der Waals surface area contributed by atoms with Crippen molar-refractivity contribution < 1.29 is 4.79 Å². The number of carbonyl (C=O) groups is 1. The molecule has 13 heavy (non-hydrogen) atoms. The van der Waals surface area contributed by atoms with Crippen LogP contribution in [0.1, 0.15) is 20.3 Å². The minimum atomic E-state index is -0.335. The molecule has 0 aromatic carbocycles. The van der Waals surface area contributed by atoms with E-state index in [9.17, 15) is 4.79 Å². The minimum absolute atomic E-state index is 0.0944. The summed E-state index contributed by atoms with van der Waals surface area (Å²) >= 11 is 3.50. The molecule has 0 radical (unpaired) electrons. The first-order valence-corrected chi connectivity index (χ1v) is 5.62. The van der Waals surface area contributed by atoms with Crippen LogP contribution in [0.5, 0.6) is 0 Å². The standard InChI is InChI=1S/C9H17BrN2O/c1-6(2)8(11)9(13)12-4-3-7(10)5-12/h6-8H,3-5,11H2,1-2H3/t7-,8-/m0/s1. The van der Waals surface area contributed by atoms with Gasteiger partial charge in [-0.15, -0.1) is 0 Å². The predicted molar refractivity (Wildman–Crippen MR) is 56.7 cm³/mol. The molecule has 0 spiro atoms. The van der Waals surface area contributed by atoms with Gasteiger partial charge in [0.25, 0.3) is 0 Å². The second-order valence-corrected chi connectivity index (χ2v) is 5.23. The van der Waals surface area contributed by atoms with Crippen LogP contribution in [-0.2, 0) is 4.79 Å². The summed E-state index contributed by atoms with van der Waals surface area (Å²) in [5.41, 5.74) is 5.78. The third kappa shape index (κ3) is 2.68. The Labute approximate surface area is 87.8 Å². The first-order chi connectivity index (χ1) is 6.02. The molecule has 1 saturated heterocycles. The van der Waals surface area contributed by atoms with Gasteiger partial charge >= 0.3 is 0 Å². The monoisotopic (exact) mass is 248 g/mol. The van der Waals surface area contributed by atoms with E-state index in [0.717, 1.165) is 19.5 Å². The summed E-state index contributed by atoms with van der Waals surface area (Å²) in [6.45, 7) is 5.60. The highest BCUT2D eigenvalue weighted by molar-refractivity contribution is 9.09. The lowest BCUT2D eigenvalue weighted by atomic mass is 10.0. The van der Waals surface area contributed by atoms with E-state index < -0.39 is 0 Å². The Morgan fingerprint density at radius 2 is 2.23 bits per heavy atom. The third-order valence-electron chi connectivity index (χ3n) is 2.45. The molecule has 0 aromatic heterocycles. The van der Waals surface area contributed by atoms with Crippen molar-refractivity contribution in [2.75, 3.05) is 13.1 Å². The Hall–Kier alpha value is -0.0900. The Morgan fingerprint density at radius 1 is 1.62 bits per heavy atom. The Balaban J connectivity index is 2.48. The van der Waals surface area contributed by atoms with Crippen LogP contribution in [0, 0.1) is 5.92 Å². The second kappa shape index (κ2) is 4.42. The summed E-state index contributed by atoms with van der Waals surface area (Å²) in [6, 6.07) is -0.335. The number of carbonyl (C=O) groups excluding carboxylic acids is 1. The van der Waals surface area contributed by atoms with E-state index in [1.165, 1.54) is 0 Å². The Bertz CT molecular complexity index is 196. The molecule has 2 atom stereocenters. The minimum Gasteiger partial charge on any atom is -0.340 e. The summed E-state index contributed by atoms with van der Waals surface area (Å²) in [6.07, 6.45) is 1.04. The van der Waals surface area contributed by atoms with Crippen LogP contribution in [0.25, 0.3) is 0 Å². The molecule has 1 heterocycles. The van der Waals surface area contributed by atoms with Gasteiger partial charge in [0.2, 0.25) is 5.91 Å². The molecule has 0 unspecified atom stereocenters. The van der Waals surface area contributed by atoms with Gasteiger partial charge in [-0.2, -0.15) is 0 Å². The molecule has 1 aliphatic rings.